The minimum absolute atomic E-state index is 0.0676. The summed E-state index contributed by atoms with van der Waals surface area (Å²) in [7, 11) is 0. The summed E-state index contributed by atoms with van der Waals surface area (Å²) in [6.45, 7) is 5.38. The highest BCUT2D eigenvalue weighted by molar-refractivity contribution is 5.76. The molecule has 0 bridgehead atoms. The molecule has 0 spiro atoms. The van der Waals surface area contributed by atoms with Crippen LogP contribution in [0.4, 0.5) is 0 Å². The molecule has 2 saturated heterocycles. The molecular weight excluding hydrogens is 356 g/mol. The predicted octanol–water partition coefficient (Wildman–Crippen LogP) is 1.15. The molecule has 4 rings (SSSR count). The highest BCUT2D eigenvalue weighted by Gasteiger charge is 2.23. The van der Waals surface area contributed by atoms with Crippen molar-refractivity contribution in [2.75, 3.05) is 32.7 Å². The summed E-state index contributed by atoms with van der Waals surface area (Å²) in [6, 6.07) is 5.11. The van der Waals surface area contributed by atoms with Gasteiger partial charge in [-0.05, 0) is 56.8 Å². The molecule has 0 radical (unpaired) electrons. The number of nitrogens with zero attached hydrogens (tertiary/aromatic N) is 6. The summed E-state index contributed by atoms with van der Waals surface area (Å²) in [6.07, 6.45) is 8.50. The smallest absolute Gasteiger partial charge is 0.266 e. The molecule has 28 heavy (non-hydrogen) atoms. The second-order valence-corrected chi connectivity index (χ2v) is 7.79. The molecule has 1 amide bonds. The number of carbonyl (C=O) groups is 1. The van der Waals surface area contributed by atoms with Gasteiger partial charge >= 0.3 is 0 Å². The van der Waals surface area contributed by atoms with Gasteiger partial charge < -0.3 is 9.80 Å². The Morgan fingerprint density at radius 3 is 2.64 bits per heavy atom. The van der Waals surface area contributed by atoms with E-state index in [9.17, 15) is 9.59 Å². The third-order valence-electron chi connectivity index (χ3n) is 5.84. The monoisotopic (exact) mass is 384 g/mol. The first-order chi connectivity index (χ1) is 13.7. The van der Waals surface area contributed by atoms with Crippen LogP contribution in [0.2, 0.25) is 0 Å². The first-order valence-electron chi connectivity index (χ1n) is 10.3. The number of likely N-dealkylation sites (tertiary alicyclic amines) is 2. The second kappa shape index (κ2) is 8.68. The lowest BCUT2D eigenvalue weighted by atomic mass is 9.97. The Morgan fingerprint density at radius 1 is 1.04 bits per heavy atom. The molecule has 0 N–H and O–H groups in total. The summed E-state index contributed by atoms with van der Waals surface area (Å²) in [5.74, 6) is 1.42. The summed E-state index contributed by atoms with van der Waals surface area (Å²) in [5, 5.41) is 8.66. The average Bonchev–Trinajstić information content (AvgIpc) is 3.25. The lowest BCUT2D eigenvalue weighted by molar-refractivity contribution is -0.133. The van der Waals surface area contributed by atoms with E-state index in [0.717, 1.165) is 58.4 Å². The minimum atomic E-state index is -0.0676. The highest BCUT2D eigenvalue weighted by Crippen LogP contribution is 2.19. The molecule has 2 aromatic heterocycles. The Balaban J connectivity index is 1.28. The highest BCUT2D eigenvalue weighted by atomic mass is 16.2. The Labute approximate surface area is 164 Å². The number of carbonyl (C=O) groups excluding carboxylic acids is 1. The normalized spacial score (nSPS) is 19.3. The van der Waals surface area contributed by atoms with Crippen LogP contribution in [-0.2, 0) is 11.3 Å². The lowest BCUT2D eigenvalue weighted by Gasteiger charge is -2.34. The minimum Gasteiger partial charge on any atom is -0.341 e. The molecular formula is C20H28N6O2. The average molecular weight is 384 g/mol. The maximum absolute atomic E-state index is 12.2. The standard InChI is InChI=1S/C20H28N6O2/c27-19-4-1-2-10-24(19)15-14-23-12-7-17(8-13-23)16-26-20(28)6-5-18(22-26)25-11-3-9-21-25/h3,5-6,9,11,17H,1-2,4,7-8,10,12-16H2. The van der Waals surface area contributed by atoms with Crippen LogP contribution >= 0.6 is 0 Å². The zero-order valence-electron chi connectivity index (χ0n) is 16.2. The van der Waals surface area contributed by atoms with Gasteiger partial charge in [-0.2, -0.15) is 5.10 Å². The predicted molar refractivity (Wildman–Crippen MR) is 105 cm³/mol. The quantitative estimate of drug-likeness (QED) is 0.747. The van der Waals surface area contributed by atoms with Crippen molar-refractivity contribution in [3.63, 3.8) is 0 Å². The van der Waals surface area contributed by atoms with E-state index in [1.54, 1.807) is 27.7 Å². The van der Waals surface area contributed by atoms with Crippen LogP contribution in [0.3, 0.4) is 0 Å². The number of piperidine rings is 2. The number of aromatic nitrogens is 4. The SMILES string of the molecule is O=C1CCCCN1CCN1CCC(Cn2nc(-n3cccn3)ccc2=O)CC1. The van der Waals surface area contributed by atoms with Gasteiger partial charge in [-0.25, -0.2) is 9.36 Å². The molecule has 0 saturated carbocycles. The van der Waals surface area contributed by atoms with Crippen molar-refractivity contribution in [3.05, 3.63) is 40.9 Å². The van der Waals surface area contributed by atoms with E-state index in [2.05, 4.69) is 15.1 Å². The van der Waals surface area contributed by atoms with Crippen LogP contribution in [0.15, 0.2) is 35.4 Å². The van der Waals surface area contributed by atoms with Crippen molar-refractivity contribution >= 4 is 5.91 Å². The fourth-order valence-electron chi connectivity index (χ4n) is 4.09. The molecule has 8 nitrogen and oxygen atoms in total. The Hall–Kier alpha value is -2.48. The number of rotatable bonds is 6. The van der Waals surface area contributed by atoms with Crippen LogP contribution in [-0.4, -0.2) is 68.0 Å². The zero-order chi connectivity index (χ0) is 19.3. The topological polar surface area (TPSA) is 76.3 Å². The van der Waals surface area contributed by atoms with Gasteiger partial charge in [0.05, 0.1) is 0 Å². The van der Waals surface area contributed by atoms with Gasteiger partial charge in [-0.15, -0.1) is 5.10 Å². The van der Waals surface area contributed by atoms with Crippen molar-refractivity contribution in [2.24, 2.45) is 5.92 Å². The van der Waals surface area contributed by atoms with Crippen LogP contribution in [0.5, 0.6) is 0 Å². The summed E-state index contributed by atoms with van der Waals surface area (Å²) >= 11 is 0. The Kier molecular flexibility index (Phi) is 5.85. The fourth-order valence-corrected chi connectivity index (χ4v) is 4.09. The molecule has 0 aliphatic carbocycles. The molecule has 2 aliphatic heterocycles. The molecule has 0 aromatic carbocycles. The van der Waals surface area contributed by atoms with Crippen LogP contribution < -0.4 is 5.56 Å². The molecule has 0 unspecified atom stereocenters. The van der Waals surface area contributed by atoms with Gasteiger partial charge in [0.25, 0.3) is 5.56 Å². The van der Waals surface area contributed by atoms with Crippen LogP contribution in [0, 0.1) is 5.92 Å². The molecule has 0 atom stereocenters. The maximum atomic E-state index is 12.2. The van der Waals surface area contributed by atoms with E-state index < -0.39 is 0 Å². The number of hydrogen-bond acceptors (Lipinski definition) is 5. The van der Waals surface area contributed by atoms with Crippen molar-refractivity contribution in [2.45, 2.75) is 38.6 Å². The molecule has 150 valence electrons. The largest absolute Gasteiger partial charge is 0.341 e. The molecule has 2 aromatic rings. The van der Waals surface area contributed by atoms with Gasteiger partial charge in [0.1, 0.15) is 0 Å². The van der Waals surface area contributed by atoms with Crippen LogP contribution in [0.25, 0.3) is 5.82 Å². The molecule has 4 heterocycles. The van der Waals surface area contributed by atoms with E-state index in [4.69, 9.17) is 0 Å². The van der Waals surface area contributed by atoms with E-state index >= 15 is 0 Å². The van der Waals surface area contributed by atoms with Crippen molar-refractivity contribution in [3.8, 4) is 5.82 Å². The molecule has 8 heteroatoms. The van der Waals surface area contributed by atoms with Crippen LogP contribution in [0.1, 0.15) is 32.1 Å². The second-order valence-electron chi connectivity index (χ2n) is 7.79. The third kappa shape index (κ3) is 4.49. The van der Waals surface area contributed by atoms with E-state index in [1.807, 2.05) is 17.2 Å². The van der Waals surface area contributed by atoms with E-state index in [-0.39, 0.29) is 5.56 Å². The number of amides is 1. The first kappa shape index (κ1) is 18.9. The van der Waals surface area contributed by atoms with E-state index in [0.29, 0.717) is 30.6 Å². The maximum Gasteiger partial charge on any atom is 0.266 e. The third-order valence-corrected chi connectivity index (χ3v) is 5.84. The van der Waals surface area contributed by atoms with Gasteiger partial charge in [0.2, 0.25) is 5.91 Å². The van der Waals surface area contributed by atoms with Crippen molar-refractivity contribution in [1.29, 1.82) is 0 Å². The van der Waals surface area contributed by atoms with Crippen molar-refractivity contribution in [1.82, 2.24) is 29.4 Å². The first-order valence-corrected chi connectivity index (χ1v) is 10.3. The van der Waals surface area contributed by atoms with Gasteiger partial charge in [0.15, 0.2) is 5.82 Å². The number of hydrogen-bond donors (Lipinski definition) is 0. The van der Waals surface area contributed by atoms with Gasteiger partial charge in [-0.3, -0.25) is 9.59 Å². The summed E-state index contributed by atoms with van der Waals surface area (Å²) in [4.78, 5) is 28.6. The lowest BCUT2D eigenvalue weighted by Crippen LogP contribution is -2.44. The zero-order valence-corrected chi connectivity index (χ0v) is 16.2. The van der Waals surface area contributed by atoms with Gasteiger partial charge in [0, 0.05) is 51.1 Å². The van der Waals surface area contributed by atoms with Gasteiger partial charge in [-0.1, -0.05) is 0 Å². The fraction of sp³-hybridized carbons (Fsp3) is 0.600. The Morgan fingerprint density at radius 2 is 1.89 bits per heavy atom. The van der Waals surface area contributed by atoms with E-state index in [1.165, 1.54) is 0 Å². The Bertz CT molecular complexity index is 839. The molecule has 2 fully saturated rings. The molecule has 2 aliphatic rings. The summed E-state index contributed by atoms with van der Waals surface area (Å²) < 4.78 is 3.24. The van der Waals surface area contributed by atoms with Crippen molar-refractivity contribution < 1.29 is 4.79 Å². The summed E-state index contributed by atoms with van der Waals surface area (Å²) in [5.41, 5.74) is -0.0676.